The van der Waals surface area contributed by atoms with Crippen LogP contribution in [0.15, 0.2) is 24.3 Å². The third-order valence-corrected chi connectivity index (χ3v) is 3.47. The topological polar surface area (TPSA) is 24.1 Å². The fourth-order valence-electron chi connectivity index (χ4n) is 2.26. The van der Waals surface area contributed by atoms with Gasteiger partial charge in [-0.1, -0.05) is 32.9 Å². The standard InChI is InChI=1S/C15H24N2/c1-15(2,3)12-6-8-13(9-7-12)17-11-14-5-4-10-16-14/h6-9,14,16-17H,4-5,10-11H2,1-3H3. The van der Waals surface area contributed by atoms with Gasteiger partial charge < -0.3 is 10.6 Å². The minimum absolute atomic E-state index is 0.242. The fourth-order valence-corrected chi connectivity index (χ4v) is 2.26. The predicted octanol–water partition coefficient (Wildman–Crippen LogP) is 3.15. The van der Waals surface area contributed by atoms with Crippen LogP contribution in [0.4, 0.5) is 5.69 Å². The highest BCUT2D eigenvalue weighted by Gasteiger charge is 2.14. The Balaban J connectivity index is 1.89. The highest BCUT2D eigenvalue weighted by molar-refractivity contribution is 5.45. The molecule has 1 aromatic rings. The van der Waals surface area contributed by atoms with Gasteiger partial charge in [0.05, 0.1) is 0 Å². The molecule has 1 aromatic carbocycles. The molecule has 1 aliphatic rings. The maximum Gasteiger partial charge on any atom is 0.0340 e. The Morgan fingerprint density at radius 1 is 1.24 bits per heavy atom. The van der Waals surface area contributed by atoms with E-state index in [0.29, 0.717) is 6.04 Å². The zero-order valence-corrected chi connectivity index (χ0v) is 11.2. The molecule has 1 aliphatic heterocycles. The summed E-state index contributed by atoms with van der Waals surface area (Å²) in [7, 11) is 0. The van der Waals surface area contributed by atoms with Crippen molar-refractivity contribution in [1.82, 2.24) is 5.32 Å². The number of anilines is 1. The third-order valence-electron chi connectivity index (χ3n) is 3.47. The SMILES string of the molecule is CC(C)(C)c1ccc(NCC2CCCN2)cc1. The summed E-state index contributed by atoms with van der Waals surface area (Å²) in [6.07, 6.45) is 2.61. The van der Waals surface area contributed by atoms with Gasteiger partial charge in [0.1, 0.15) is 0 Å². The van der Waals surface area contributed by atoms with E-state index in [1.54, 1.807) is 0 Å². The van der Waals surface area contributed by atoms with E-state index in [9.17, 15) is 0 Å². The zero-order chi connectivity index (χ0) is 12.3. The van der Waals surface area contributed by atoms with Crippen LogP contribution in [0, 0.1) is 0 Å². The molecule has 2 heteroatoms. The molecule has 0 radical (unpaired) electrons. The van der Waals surface area contributed by atoms with Crippen LogP contribution >= 0.6 is 0 Å². The minimum atomic E-state index is 0.242. The van der Waals surface area contributed by atoms with E-state index in [1.165, 1.54) is 30.6 Å². The molecule has 1 unspecified atom stereocenters. The maximum atomic E-state index is 3.50. The van der Waals surface area contributed by atoms with E-state index in [0.717, 1.165) is 6.54 Å². The van der Waals surface area contributed by atoms with Crippen LogP contribution in [-0.2, 0) is 5.41 Å². The van der Waals surface area contributed by atoms with Crippen molar-refractivity contribution in [2.75, 3.05) is 18.4 Å². The van der Waals surface area contributed by atoms with E-state index < -0.39 is 0 Å². The average molecular weight is 232 g/mol. The molecule has 0 aliphatic carbocycles. The smallest absolute Gasteiger partial charge is 0.0340 e. The molecule has 0 saturated carbocycles. The Hall–Kier alpha value is -1.02. The third kappa shape index (κ3) is 3.47. The summed E-state index contributed by atoms with van der Waals surface area (Å²) >= 11 is 0. The van der Waals surface area contributed by atoms with Crippen LogP contribution in [0.5, 0.6) is 0 Å². The lowest BCUT2D eigenvalue weighted by molar-refractivity contribution is 0.590. The monoisotopic (exact) mass is 232 g/mol. The largest absolute Gasteiger partial charge is 0.383 e. The summed E-state index contributed by atoms with van der Waals surface area (Å²) in [5, 5.41) is 7.00. The molecular formula is C15H24N2. The van der Waals surface area contributed by atoms with E-state index >= 15 is 0 Å². The van der Waals surface area contributed by atoms with Crippen LogP contribution in [0.25, 0.3) is 0 Å². The van der Waals surface area contributed by atoms with Crippen LogP contribution in [0.3, 0.4) is 0 Å². The molecule has 1 saturated heterocycles. The first kappa shape index (κ1) is 12.4. The molecular weight excluding hydrogens is 208 g/mol. The van der Waals surface area contributed by atoms with Gasteiger partial charge >= 0.3 is 0 Å². The molecule has 2 rings (SSSR count). The van der Waals surface area contributed by atoms with E-state index in [4.69, 9.17) is 0 Å². The van der Waals surface area contributed by atoms with Crippen molar-refractivity contribution in [2.24, 2.45) is 0 Å². The Bertz CT molecular complexity index is 342. The summed E-state index contributed by atoms with van der Waals surface area (Å²) in [4.78, 5) is 0. The molecule has 0 spiro atoms. The number of hydrogen-bond donors (Lipinski definition) is 2. The molecule has 1 heterocycles. The number of nitrogens with one attached hydrogen (secondary N) is 2. The molecule has 94 valence electrons. The van der Waals surface area contributed by atoms with Crippen LogP contribution < -0.4 is 10.6 Å². The van der Waals surface area contributed by atoms with Crippen LogP contribution in [0.2, 0.25) is 0 Å². The summed E-state index contributed by atoms with van der Waals surface area (Å²) in [5.41, 5.74) is 2.86. The minimum Gasteiger partial charge on any atom is -0.383 e. The summed E-state index contributed by atoms with van der Waals surface area (Å²) in [6, 6.07) is 9.48. The van der Waals surface area contributed by atoms with Crippen LogP contribution in [-0.4, -0.2) is 19.1 Å². The second kappa shape index (κ2) is 5.09. The summed E-state index contributed by atoms with van der Waals surface area (Å²) < 4.78 is 0. The first-order chi connectivity index (χ1) is 8.05. The van der Waals surface area contributed by atoms with Gasteiger partial charge in [-0.15, -0.1) is 0 Å². The number of rotatable bonds is 3. The Kier molecular flexibility index (Phi) is 3.72. The van der Waals surface area contributed by atoms with E-state index in [2.05, 4.69) is 55.7 Å². The Labute approximate surface area is 105 Å². The number of hydrogen-bond acceptors (Lipinski definition) is 2. The average Bonchev–Trinajstić information content (AvgIpc) is 2.78. The normalized spacial score (nSPS) is 20.5. The van der Waals surface area contributed by atoms with Gasteiger partial charge in [-0.2, -0.15) is 0 Å². The van der Waals surface area contributed by atoms with Gasteiger partial charge in [-0.25, -0.2) is 0 Å². The first-order valence-corrected chi connectivity index (χ1v) is 6.63. The molecule has 0 amide bonds. The van der Waals surface area contributed by atoms with Crippen LogP contribution in [0.1, 0.15) is 39.2 Å². The Morgan fingerprint density at radius 2 is 1.94 bits per heavy atom. The van der Waals surface area contributed by atoms with Gasteiger partial charge in [-0.3, -0.25) is 0 Å². The van der Waals surface area contributed by atoms with E-state index in [-0.39, 0.29) is 5.41 Å². The second-order valence-corrected chi connectivity index (χ2v) is 6.00. The predicted molar refractivity (Wildman–Crippen MR) is 74.7 cm³/mol. The molecule has 1 fully saturated rings. The van der Waals surface area contributed by atoms with Gasteiger partial charge in [0, 0.05) is 18.3 Å². The molecule has 1 atom stereocenters. The fraction of sp³-hybridized carbons (Fsp3) is 0.600. The molecule has 2 N–H and O–H groups in total. The quantitative estimate of drug-likeness (QED) is 0.836. The van der Waals surface area contributed by atoms with Gasteiger partial charge in [-0.05, 0) is 42.5 Å². The van der Waals surface area contributed by atoms with Gasteiger partial charge in [0.2, 0.25) is 0 Å². The maximum absolute atomic E-state index is 3.50. The van der Waals surface area contributed by atoms with Crippen molar-refractivity contribution in [3.63, 3.8) is 0 Å². The highest BCUT2D eigenvalue weighted by Crippen LogP contribution is 2.23. The van der Waals surface area contributed by atoms with Gasteiger partial charge in [0.25, 0.3) is 0 Å². The van der Waals surface area contributed by atoms with Crippen molar-refractivity contribution in [2.45, 2.75) is 45.1 Å². The van der Waals surface area contributed by atoms with Crippen molar-refractivity contribution in [3.05, 3.63) is 29.8 Å². The molecule has 17 heavy (non-hydrogen) atoms. The van der Waals surface area contributed by atoms with E-state index in [1.807, 2.05) is 0 Å². The van der Waals surface area contributed by atoms with Crippen molar-refractivity contribution >= 4 is 5.69 Å². The molecule has 2 nitrogen and oxygen atoms in total. The highest BCUT2D eigenvalue weighted by atomic mass is 15.0. The van der Waals surface area contributed by atoms with Crippen molar-refractivity contribution in [3.8, 4) is 0 Å². The zero-order valence-electron chi connectivity index (χ0n) is 11.2. The van der Waals surface area contributed by atoms with Gasteiger partial charge in [0.15, 0.2) is 0 Å². The molecule has 0 bridgehead atoms. The van der Waals surface area contributed by atoms with Crippen molar-refractivity contribution < 1.29 is 0 Å². The Morgan fingerprint density at radius 3 is 2.47 bits per heavy atom. The first-order valence-electron chi connectivity index (χ1n) is 6.63. The lowest BCUT2D eigenvalue weighted by Crippen LogP contribution is -2.29. The molecule has 0 aromatic heterocycles. The second-order valence-electron chi connectivity index (χ2n) is 6.00. The lowest BCUT2D eigenvalue weighted by atomic mass is 9.87. The van der Waals surface area contributed by atoms with Crippen molar-refractivity contribution in [1.29, 1.82) is 0 Å². The summed E-state index contributed by atoms with van der Waals surface area (Å²) in [6.45, 7) is 8.96. The number of benzene rings is 1. The summed E-state index contributed by atoms with van der Waals surface area (Å²) in [5.74, 6) is 0. The lowest BCUT2D eigenvalue weighted by Gasteiger charge is -2.19.